The maximum Gasteiger partial charge on any atom is 0.573 e. The third kappa shape index (κ3) is 3.61. The third-order valence-corrected chi connectivity index (χ3v) is 2.67. The monoisotopic (exact) mass is 303 g/mol. The summed E-state index contributed by atoms with van der Waals surface area (Å²) in [6.45, 7) is -0.350. The van der Waals surface area contributed by atoms with E-state index in [1.54, 1.807) is 6.07 Å². The molecule has 0 fully saturated rings. The number of hydrogen-bond donors (Lipinski definition) is 1. The van der Waals surface area contributed by atoms with Crippen molar-refractivity contribution in [3.8, 4) is 16.9 Å². The van der Waals surface area contributed by atoms with E-state index in [4.69, 9.17) is 11.6 Å². The number of benzene rings is 1. The van der Waals surface area contributed by atoms with E-state index in [0.29, 0.717) is 21.8 Å². The van der Waals surface area contributed by atoms with Gasteiger partial charge in [-0.25, -0.2) is 0 Å². The highest BCUT2D eigenvalue weighted by molar-refractivity contribution is 6.30. The van der Waals surface area contributed by atoms with Crippen LogP contribution in [0, 0.1) is 0 Å². The first-order chi connectivity index (χ1) is 9.39. The second-order valence-corrected chi connectivity index (χ2v) is 4.32. The number of nitrogens with zero attached hydrogens (tertiary/aromatic N) is 1. The molecule has 0 radical (unpaired) electrons. The van der Waals surface area contributed by atoms with E-state index >= 15 is 0 Å². The van der Waals surface area contributed by atoms with E-state index in [9.17, 15) is 18.3 Å². The van der Waals surface area contributed by atoms with E-state index in [0.717, 1.165) is 0 Å². The molecule has 0 saturated heterocycles. The molecule has 2 aromatic rings. The predicted octanol–water partition coefficient (Wildman–Crippen LogP) is 3.79. The number of pyridine rings is 1. The fourth-order valence-electron chi connectivity index (χ4n) is 1.70. The van der Waals surface area contributed by atoms with E-state index in [-0.39, 0.29) is 12.4 Å². The second kappa shape index (κ2) is 5.68. The Kier molecular flexibility index (Phi) is 4.15. The van der Waals surface area contributed by atoms with Gasteiger partial charge in [-0.15, -0.1) is 13.2 Å². The highest BCUT2D eigenvalue weighted by Crippen LogP contribution is 2.30. The van der Waals surface area contributed by atoms with Gasteiger partial charge in [-0.05, 0) is 23.8 Å². The maximum absolute atomic E-state index is 12.2. The molecule has 20 heavy (non-hydrogen) atoms. The first-order valence-corrected chi connectivity index (χ1v) is 5.88. The Bertz CT molecular complexity index is 617. The first kappa shape index (κ1) is 14.6. The Morgan fingerprint density at radius 3 is 2.65 bits per heavy atom. The van der Waals surface area contributed by atoms with Crippen molar-refractivity contribution in [3.05, 3.63) is 47.2 Å². The van der Waals surface area contributed by atoms with Gasteiger partial charge in [0, 0.05) is 11.8 Å². The minimum atomic E-state index is -4.76. The van der Waals surface area contributed by atoms with Crippen molar-refractivity contribution in [2.45, 2.75) is 13.0 Å². The number of aliphatic hydroxyl groups excluding tert-OH is 1. The average molecular weight is 304 g/mol. The molecule has 2 rings (SSSR count). The molecular weight excluding hydrogens is 295 g/mol. The van der Waals surface area contributed by atoms with Crippen LogP contribution in [0.1, 0.15) is 5.69 Å². The van der Waals surface area contributed by atoms with Crippen molar-refractivity contribution in [2.75, 3.05) is 0 Å². The molecule has 0 aliphatic heterocycles. The summed E-state index contributed by atoms with van der Waals surface area (Å²) < 4.78 is 40.4. The first-order valence-electron chi connectivity index (χ1n) is 5.50. The van der Waals surface area contributed by atoms with Crippen LogP contribution in [0.5, 0.6) is 5.75 Å². The van der Waals surface area contributed by atoms with E-state index in [2.05, 4.69) is 9.72 Å². The number of halogens is 4. The van der Waals surface area contributed by atoms with E-state index < -0.39 is 6.36 Å². The molecule has 0 atom stereocenters. The van der Waals surface area contributed by atoms with Crippen LogP contribution in [0.2, 0.25) is 5.02 Å². The van der Waals surface area contributed by atoms with Crippen molar-refractivity contribution in [1.82, 2.24) is 4.98 Å². The number of ether oxygens (including phenoxy) is 1. The van der Waals surface area contributed by atoms with Crippen LogP contribution in [-0.2, 0) is 6.61 Å². The molecule has 0 aliphatic carbocycles. The summed E-state index contributed by atoms with van der Waals surface area (Å²) >= 11 is 5.81. The van der Waals surface area contributed by atoms with E-state index in [1.807, 2.05) is 0 Å². The summed E-state index contributed by atoms with van der Waals surface area (Å²) in [5.41, 5.74) is 1.19. The summed E-state index contributed by atoms with van der Waals surface area (Å²) in [4.78, 5) is 3.93. The predicted molar refractivity (Wildman–Crippen MR) is 67.3 cm³/mol. The molecule has 1 heterocycles. The Hall–Kier alpha value is -1.79. The van der Waals surface area contributed by atoms with Gasteiger partial charge in [-0.1, -0.05) is 23.7 Å². The molecule has 0 aliphatic rings. The lowest BCUT2D eigenvalue weighted by atomic mass is 10.0. The molecule has 0 unspecified atom stereocenters. The minimum Gasteiger partial charge on any atom is -0.406 e. The number of aliphatic hydroxyl groups is 1. The molecule has 1 aromatic heterocycles. The van der Waals surface area contributed by atoms with Gasteiger partial charge in [0.2, 0.25) is 0 Å². The van der Waals surface area contributed by atoms with Crippen molar-refractivity contribution in [3.63, 3.8) is 0 Å². The molecule has 1 N–H and O–H groups in total. The molecule has 0 amide bonds. The Morgan fingerprint density at radius 1 is 1.25 bits per heavy atom. The van der Waals surface area contributed by atoms with Gasteiger partial charge >= 0.3 is 6.36 Å². The normalized spacial score (nSPS) is 11.4. The van der Waals surface area contributed by atoms with Crippen LogP contribution in [0.4, 0.5) is 13.2 Å². The summed E-state index contributed by atoms with van der Waals surface area (Å²) in [5.74, 6) is -0.348. The Morgan fingerprint density at radius 2 is 2.00 bits per heavy atom. The fourth-order valence-corrected chi connectivity index (χ4v) is 1.86. The standard InChI is InChI=1S/C13H9ClF3NO2/c14-9-5-11(12(7-19)18-6-9)8-2-1-3-10(4-8)20-13(15,16)17/h1-6,19H,7H2. The Labute approximate surface area is 117 Å². The topological polar surface area (TPSA) is 42.4 Å². The van der Waals surface area contributed by atoms with Crippen LogP contribution in [0.3, 0.4) is 0 Å². The van der Waals surface area contributed by atoms with Crippen LogP contribution < -0.4 is 4.74 Å². The lowest BCUT2D eigenvalue weighted by Gasteiger charge is -2.11. The molecular formula is C13H9ClF3NO2. The molecule has 7 heteroatoms. The van der Waals surface area contributed by atoms with Crippen molar-refractivity contribution < 1.29 is 23.0 Å². The van der Waals surface area contributed by atoms with Crippen LogP contribution in [-0.4, -0.2) is 16.5 Å². The van der Waals surface area contributed by atoms with Gasteiger partial charge in [-0.2, -0.15) is 0 Å². The smallest absolute Gasteiger partial charge is 0.406 e. The number of alkyl halides is 3. The minimum absolute atomic E-state index is 0.318. The van der Waals surface area contributed by atoms with Gasteiger partial charge in [-0.3, -0.25) is 4.98 Å². The SMILES string of the molecule is OCc1ncc(Cl)cc1-c1cccc(OC(F)(F)F)c1. The molecule has 106 valence electrons. The van der Waals surface area contributed by atoms with Gasteiger partial charge in [0.1, 0.15) is 5.75 Å². The lowest BCUT2D eigenvalue weighted by molar-refractivity contribution is -0.274. The zero-order valence-corrected chi connectivity index (χ0v) is 10.7. The van der Waals surface area contributed by atoms with Crippen LogP contribution in [0.25, 0.3) is 11.1 Å². The quantitative estimate of drug-likeness (QED) is 0.938. The van der Waals surface area contributed by atoms with Crippen molar-refractivity contribution in [2.24, 2.45) is 0 Å². The van der Waals surface area contributed by atoms with Gasteiger partial charge in [0.25, 0.3) is 0 Å². The Balaban J connectivity index is 2.43. The zero-order chi connectivity index (χ0) is 14.8. The molecule has 1 aromatic carbocycles. The van der Waals surface area contributed by atoms with Crippen LogP contribution in [0.15, 0.2) is 36.5 Å². The summed E-state index contributed by atoms with van der Waals surface area (Å²) in [5, 5.41) is 9.53. The summed E-state index contributed by atoms with van der Waals surface area (Å²) in [6.07, 6.45) is -3.41. The largest absolute Gasteiger partial charge is 0.573 e. The zero-order valence-electron chi connectivity index (χ0n) is 9.99. The molecule has 3 nitrogen and oxygen atoms in total. The lowest BCUT2D eigenvalue weighted by Crippen LogP contribution is -2.17. The van der Waals surface area contributed by atoms with Gasteiger partial charge in [0.05, 0.1) is 17.3 Å². The fraction of sp³-hybridized carbons (Fsp3) is 0.154. The van der Waals surface area contributed by atoms with Gasteiger partial charge < -0.3 is 9.84 Å². The highest BCUT2D eigenvalue weighted by Gasteiger charge is 2.31. The molecule has 0 spiro atoms. The van der Waals surface area contributed by atoms with Crippen molar-refractivity contribution in [1.29, 1.82) is 0 Å². The average Bonchev–Trinajstić information content (AvgIpc) is 2.37. The highest BCUT2D eigenvalue weighted by atomic mass is 35.5. The maximum atomic E-state index is 12.2. The number of aromatic nitrogens is 1. The number of rotatable bonds is 3. The third-order valence-electron chi connectivity index (χ3n) is 2.47. The number of hydrogen-bond acceptors (Lipinski definition) is 3. The molecule has 0 saturated carbocycles. The van der Waals surface area contributed by atoms with Gasteiger partial charge in [0.15, 0.2) is 0 Å². The second-order valence-electron chi connectivity index (χ2n) is 3.88. The van der Waals surface area contributed by atoms with Crippen molar-refractivity contribution >= 4 is 11.6 Å². The summed E-state index contributed by atoms with van der Waals surface area (Å²) in [7, 11) is 0. The van der Waals surface area contributed by atoms with Crippen LogP contribution >= 0.6 is 11.6 Å². The molecule has 0 bridgehead atoms. The summed E-state index contributed by atoms with van der Waals surface area (Å²) in [6, 6.07) is 6.91. The van der Waals surface area contributed by atoms with E-state index in [1.165, 1.54) is 30.5 Å².